The van der Waals surface area contributed by atoms with Crippen molar-refractivity contribution in [3.8, 4) is 0 Å². The maximum atomic E-state index is 12.3. The minimum Gasteiger partial charge on any atom is -0.426 e. The van der Waals surface area contributed by atoms with Crippen LogP contribution in [0.25, 0.3) is 0 Å². The number of carbonyl (C=O) groups excluding carboxylic acids is 2. The maximum absolute atomic E-state index is 12.3. The summed E-state index contributed by atoms with van der Waals surface area (Å²) in [5, 5.41) is 0. The number of ether oxygens (including phenoxy) is 2. The molecule has 1 heterocycles. The van der Waals surface area contributed by atoms with Crippen LogP contribution in [0.5, 0.6) is 0 Å². The molecule has 1 aromatic rings. The zero-order valence-corrected chi connectivity index (χ0v) is 11.7. The van der Waals surface area contributed by atoms with E-state index in [1.54, 1.807) is 24.3 Å². The van der Waals surface area contributed by atoms with Gasteiger partial charge in [0.15, 0.2) is 0 Å². The Morgan fingerprint density at radius 2 is 1.85 bits per heavy atom. The molecule has 0 aromatic heterocycles. The second-order valence-corrected chi connectivity index (χ2v) is 5.02. The normalized spacial score (nSPS) is 21.4. The number of cyclic esters (lactones) is 2. The highest BCUT2D eigenvalue weighted by atomic mass is 16.8. The van der Waals surface area contributed by atoms with Gasteiger partial charge in [-0.25, -0.2) is 4.79 Å². The first-order chi connectivity index (χ1) is 9.72. The van der Waals surface area contributed by atoms with E-state index >= 15 is 0 Å². The molecular formula is C16H20O4. The molecule has 1 saturated heterocycles. The summed E-state index contributed by atoms with van der Waals surface area (Å²) in [6.45, 7) is 2.14. The molecule has 0 N–H and O–H groups in total. The molecule has 0 saturated carbocycles. The van der Waals surface area contributed by atoms with Gasteiger partial charge in [0.05, 0.1) is 0 Å². The molecule has 1 fully saturated rings. The number of unbranched alkanes of at least 4 members (excludes halogenated alkanes) is 3. The monoisotopic (exact) mass is 276 g/mol. The first-order valence-corrected chi connectivity index (χ1v) is 7.19. The van der Waals surface area contributed by atoms with E-state index in [9.17, 15) is 9.59 Å². The second-order valence-electron chi connectivity index (χ2n) is 5.02. The largest absolute Gasteiger partial charge is 0.509 e. The Kier molecular flexibility index (Phi) is 5.16. The van der Waals surface area contributed by atoms with Crippen LogP contribution in [0.2, 0.25) is 0 Å². The van der Waals surface area contributed by atoms with Crippen molar-refractivity contribution >= 4 is 11.9 Å². The summed E-state index contributed by atoms with van der Waals surface area (Å²) in [5.74, 6) is -0.183. The summed E-state index contributed by atoms with van der Waals surface area (Å²) < 4.78 is 10.2. The number of hydrogen-bond donors (Lipinski definition) is 0. The Bertz CT molecular complexity index is 455. The molecule has 0 radical (unpaired) electrons. The van der Waals surface area contributed by atoms with Crippen LogP contribution in [0.1, 0.15) is 49.4 Å². The number of rotatable bonds is 7. The number of benzene rings is 1. The highest BCUT2D eigenvalue weighted by Crippen LogP contribution is 2.24. The minimum absolute atomic E-state index is 0.183. The Labute approximate surface area is 119 Å². The summed E-state index contributed by atoms with van der Waals surface area (Å²) in [5.41, 5.74) is 0.550. The summed E-state index contributed by atoms with van der Waals surface area (Å²) in [7, 11) is 0. The standard InChI is InChI=1S/C16H20O4/c1-2-3-4-8-11-13-15(20-16(18)19-13)14(17)12-9-6-5-7-10-12/h5-7,9-10,13,15H,2-4,8,11H2,1H3/t13-,15+/m0/s1. The maximum Gasteiger partial charge on any atom is 0.509 e. The lowest BCUT2D eigenvalue weighted by Gasteiger charge is -2.14. The average molecular weight is 276 g/mol. The van der Waals surface area contributed by atoms with Gasteiger partial charge in [0.25, 0.3) is 0 Å². The van der Waals surface area contributed by atoms with E-state index < -0.39 is 18.4 Å². The van der Waals surface area contributed by atoms with Crippen LogP contribution >= 0.6 is 0 Å². The molecule has 4 heteroatoms. The SMILES string of the molecule is CCCCCC[C@@H]1OC(=O)O[C@H]1C(=O)c1ccccc1. The predicted molar refractivity (Wildman–Crippen MR) is 74.7 cm³/mol. The van der Waals surface area contributed by atoms with E-state index in [1.165, 1.54) is 0 Å². The van der Waals surface area contributed by atoms with Crippen LogP contribution in [0.4, 0.5) is 4.79 Å². The average Bonchev–Trinajstić information content (AvgIpc) is 2.85. The molecule has 1 aliphatic rings. The minimum atomic E-state index is -0.800. The molecule has 2 atom stereocenters. The summed E-state index contributed by atoms with van der Waals surface area (Å²) >= 11 is 0. The number of Topliss-reactive ketones (excluding diaryl/α,β-unsaturated/α-hetero) is 1. The Morgan fingerprint density at radius 3 is 2.55 bits per heavy atom. The van der Waals surface area contributed by atoms with Gasteiger partial charge in [0, 0.05) is 5.56 Å². The van der Waals surface area contributed by atoms with Crippen LogP contribution in [0.15, 0.2) is 30.3 Å². The summed E-state index contributed by atoms with van der Waals surface area (Å²) in [6.07, 6.45) is 3.00. The second kappa shape index (κ2) is 7.08. The van der Waals surface area contributed by atoms with Crippen molar-refractivity contribution in [1.29, 1.82) is 0 Å². The van der Waals surface area contributed by atoms with Gasteiger partial charge in [-0.1, -0.05) is 56.5 Å². The molecule has 1 aromatic carbocycles. The fourth-order valence-corrected chi connectivity index (χ4v) is 2.36. The molecule has 0 aliphatic carbocycles. The molecule has 0 amide bonds. The van der Waals surface area contributed by atoms with E-state index in [4.69, 9.17) is 9.47 Å². The molecule has 108 valence electrons. The van der Waals surface area contributed by atoms with Gasteiger partial charge in [-0.05, 0) is 12.8 Å². The van der Waals surface area contributed by atoms with Crippen molar-refractivity contribution in [2.45, 2.75) is 51.2 Å². The van der Waals surface area contributed by atoms with E-state index in [1.807, 2.05) is 6.07 Å². The number of ketones is 1. The number of hydrogen-bond acceptors (Lipinski definition) is 4. The van der Waals surface area contributed by atoms with E-state index in [-0.39, 0.29) is 5.78 Å². The van der Waals surface area contributed by atoms with Crippen molar-refractivity contribution in [2.24, 2.45) is 0 Å². The van der Waals surface area contributed by atoms with Crippen molar-refractivity contribution in [3.05, 3.63) is 35.9 Å². The lowest BCUT2D eigenvalue weighted by Crippen LogP contribution is -2.31. The van der Waals surface area contributed by atoms with E-state index in [0.717, 1.165) is 25.7 Å². The third-order valence-electron chi connectivity index (χ3n) is 3.47. The summed E-state index contributed by atoms with van der Waals surface area (Å²) in [6, 6.07) is 8.88. The number of carbonyl (C=O) groups is 2. The van der Waals surface area contributed by atoms with Gasteiger partial charge in [-0.15, -0.1) is 0 Å². The zero-order chi connectivity index (χ0) is 14.4. The van der Waals surface area contributed by atoms with Crippen molar-refractivity contribution < 1.29 is 19.1 Å². The predicted octanol–water partition coefficient (Wildman–Crippen LogP) is 3.74. The van der Waals surface area contributed by atoms with Crippen LogP contribution in [-0.2, 0) is 9.47 Å². The van der Waals surface area contributed by atoms with Crippen molar-refractivity contribution in [3.63, 3.8) is 0 Å². The molecule has 1 aliphatic heterocycles. The lowest BCUT2D eigenvalue weighted by atomic mass is 9.98. The fraction of sp³-hybridized carbons (Fsp3) is 0.500. The molecule has 4 nitrogen and oxygen atoms in total. The van der Waals surface area contributed by atoms with E-state index in [0.29, 0.717) is 12.0 Å². The Balaban J connectivity index is 1.97. The zero-order valence-electron chi connectivity index (χ0n) is 11.7. The van der Waals surface area contributed by atoms with Gasteiger partial charge >= 0.3 is 6.16 Å². The van der Waals surface area contributed by atoms with Crippen LogP contribution in [0.3, 0.4) is 0 Å². The molecule has 20 heavy (non-hydrogen) atoms. The third-order valence-corrected chi connectivity index (χ3v) is 3.47. The van der Waals surface area contributed by atoms with Crippen LogP contribution < -0.4 is 0 Å². The first-order valence-electron chi connectivity index (χ1n) is 7.19. The lowest BCUT2D eigenvalue weighted by molar-refractivity contribution is 0.0707. The quantitative estimate of drug-likeness (QED) is 0.432. The van der Waals surface area contributed by atoms with Gasteiger partial charge in [-0.3, -0.25) is 4.79 Å². The summed E-state index contributed by atoms with van der Waals surface area (Å²) in [4.78, 5) is 23.6. The van der Waals surface area contributed by atoms with Gasteiger partial charge in [-0.2, -0.15) is 0 Å². The molecule has 2 rings (SSSR count). The molecule has 0 unspecified atom stereocenters. The van der Waals surface area contributed by atoms with E-state index in [2.05, 4.69) is 6.92 Å². The topological polar surface area (TPSA) is 52.6 Å². The van der Waals surface area contributed by atoms with Gasteiger partial charge < -0.3 is 9.47 Å². The van der Waals surface area contributed by atoms with Crippen molar-refractivity contribution in [1.82, 2.24) is 0 Å². The Hall–Kier alpha value is -1.84. The molecule has 0 spiro atoms. The molecular weight excluding hydrogens is 256 g/mol. The van der Waals surface area contributed by atoms with Crippen molar-refractivity contribution in [2.75, 3.05) is 0 Å². The Morgan fingerprint density at radius 1 is 1.10 bits per heavy atom. The van der Waals surface area contributed by atoms with Crippen LogP contribution in [0, 0.1) is 0 Å². The fourth-order valence-electron chi connectivity index (χ4n) is 2.36. The first kappa shape index (κ1) is 14.6. The highest BCUT2D eigenvalue weighted by molar-refractivity contribution is 6.01. The van der Waals surface area contributed by atoms with Gasteiger partial charge in [0.2, 0.25) is 11.9 Å². The third kappa shape index (κ3) is 3.59. The molecule has 0 bridgehead atoms. The smallest absolute Gasteiger partial charge is 0.426 e. The van der Waals surface area contributed by atoms with Gasteiger partial charge in [0.1, 0.15) is 6.10 Å². The van der Waals surface area contributed by atoms with Crippen LogP contribution in [-0.4, -0.2) is 24.1 Å². The highest BCUT2D eigenvalue weighted by Gasteiger charge is 2.41.